The molecule has 0 aliphatic carbocycles. The summed E-state index contributed by atoms with van der Waals surface area (Å²) in [5, 5.41) is -1.63. The Balaban J connectivity index is 3.27. The fourth-order valence-electron chi connectivity index (χ4n) is 2.15. The molecule has 0 bridgehead atoms. The van der Waals surface area contributed by atoms with E-state index < -0.39 is 35.1 Å². The molecule has 0 N–H and O–H groups in total. The topological polar surface area (TPSA) is 69.7 Å². The van der Waals surface area contributed by atoms with Gasteiger partial charge in [0.1, 0.15) is 5.25 Å². The van der Waals surface area contributed by atoms with Gasteiger partial charge in [0.25, 0.3) is 0 Å². The molecule has 2 unspecified atom stereocenters. The summed E-state index contributed by atoms with van der Waals surface area (Å²) in [6, 6.07) is 6.31. The maximum atomic E-state index is 14.7. The van der Waals surface area contributed by atoms with Gasteiger partial charge in [-0.3, -0.25) is 13.6 Å². The zero-order valence-corrected chi connectivity index (χ0v) is 16.7. The molecular weight excluding hydrogens is 385 g/mol. The SMILES string of the molecule is C=CCC(C(=O)C(F)(F)P(=O)(OCC)OCC)S(=O)c1ccc(C)cc1. The zero-order valence-electron chi connectivity index (χ0n) is 14.9. The van der Waals surface area contributed by atoms with E-state index in [2.05, 4.69) is 15.6 Å². The minimum Gasteiger partial charge on any atom is -0.304 e. The van der Waals surface area contributed by atoms with E-state index >= 15 is 0 Å². The van der Waals surface area contributed by atoms with Crippen LogP contribution in [0.1, 0.15) is 25.8 Å². The second-order valence-corrected chi connectivity index (χ2v) is 9.07. The van der Waals surface area contributed by atoms with Crippen LogP contribution >= 0.6 is 7.60 Å². The van der Waals surface area contributed by atoms with Gasteiger partial charge in [0.15, 0.2) is 0 Å². The molecule has 0 fully saturated rings. The minimum absolute atomic E-state index is 0.217. The van der Waals surface area contributed by atoms with Crippen LogP contribution < -0.4 is 0 Å². The Morgan fingerprint density at radius 1 is 1.27 bits per heavy atom. The van der Waals surface area contributed by atoms with Crippen LogP contribution in [0, 0.1) is 6.92 Å². The van der Waals surface area contributed by atoms with E-state index in [4.69, 9.17) is 0 Å². The number of hydrogen-bond donors (Lipinski definition) is 0. The lowest BCUT2D eigenvalue weighted by Gasteiger charge is -2.27. The van der Waals surface area contributed by atoms with Crippen molar-refractivity contribution in [2.24, 2.45) is 0 Å². The van der Waals surface area contributed by atoms with E-state index in [0.717, 1.165) is 5.56 Å². The molecule has 1 rings (SSSR count). The molecule has 0 saturated carbocycles. The van der Waals surface area contributed by atoms with Gasteiger partial charge in [-0.15, -0.1) is 6.58 Å². The first kappa shape index (κ1) is 22.8. The second-order valence-electron chi connectivity index (χ2n) is 5.36. The van der Waals surface area contributed by atoms with Crippen LogP contribution in [0.4, 0.5) is 8.78 Å². The summed E-state index contributed by atoms with van der Waals surface area (Å²) in [6.07, 6.45) is 0.949. The van der Waals surface area contributed by atoms with Crippen molar-refractivity contribution in [3.8, 4) is 0 Å². The normalized spacial score (nSPS) is 14.7. The molecule has 0 aliphatic heterocycles. The predicted molar refractivity (Wildman–Crippen MR) is 97.0 cm³/mol. The highest BCUT2D eigenvalue weighted by molar-refractivity contribution is 7.86. The van der Waals surface area contributed by atoms with Crippen molar-refractivity contribution in [2.45, 2.75) is 43.0 Å². The number of rotatable bonds is 11. The fraction of sp³-hybridized carbons (Fsp3) is 0.471. The third kappa shape index (κ3) is 4.94. The van der Waals surface area contributed by atoms with Gasteiger partial charge >= 0.3 is 13.3 Å². The van der Waals surface area contributed by atoms with E-state index in [-0.39, 0.29) is 24.5 Å². The van der Waals surface area contributed by atoms with Crippen LogP contribution in [0.5, 0.6) is 0 Å². The largest absolute Gasteiger partial charge is 0.407 e. The van der Waals surface area contributed by atoms with Crippen molar-refractivity contribution in [1.82, 2.24) is 0 Å². The lowest BCUT2D eigenvalue weighted by Crippen LogP contribution is -2.41. The molecule has 26 heavy (non-hydrogen) atoms. The van der Waals surface area contributed by atoms with Gasteiger partial charge in [-0.25, -0.2) is 0 Å². The van der Waals surface area contributed by atoms with E-state index in [0.29, 0.717) is 0 Å². The molecule has 0 amide bonds. The monoisotopic (exact) mass is 408 g/mol. The second kappa shape index (κ2) is 9.65. The molecule has 0 spiro atoms. The highest BCUT2D eigenvalue weighted by atomic mass is 32.2. The van der Waals surface area contributed by atoms with Crippen LogP contribution in [-0.2, 0) is 29.2 Å². The van der Waals surface area contributed by atoms with E-state index in [1.165, 1.54) is 32.1 Å². The van der Waals surface area contributed by atoms with Crippen LogP contribution in [0.15, 0.2) is 41.8 Å². The molecule has 0 aromatic heterocycles. The highest BCUT2D eigenvalue weighted by Crippen LogP contribution is 2.62. The van der Waals surface area contributed by atoms with Gasteiger partial charge in [-0.1, -0.05) is 23.8 Å². The van der Waals surface area contributed by atoms with Crippen molar-refractivity contribution in [2.75, 3.05) is 13.2 Å². The summed E-state index contributed by atoms with van der Waals surface area (Å²) in [5.41, 5.74) is -3.53. The third-order valence-electron chi connectivity index (χ3n) is 3.42. The summed E-state index contributed by atoms with van der Waals surface area (Å²) in [7, 11) is -7.13. The number of hydrogen-bond acceptors (Lipinski definition) is 5. The van der Waals surface area contributed by atoms with Gasteiger partial charge < -0.3 is 9.05 Å². The van der Waals surface area contributed by atoms with Crippen LogP contribution in [-0.4, -0.2) is 34.1 Å². The standard InChI is InChI=1S/C17H23F2O5PS/c1-5-8-15(26(22)14-11-9-13(4)10-12-14)16(20)17(18,19)25(21,23-6-2)24-7-3/h5,9-12,15H,1,6-8H2,2-4H3. The van der Waals surface area contributed by atoms with E-state index in [1.54, 1.807) is 12.1 Å². The molecule has 9 heteroatoms. The average Bonchev–Trinajstić information content (AvgIpc) is 2.59. The first-order chi connectivity index (χ1) is 12.1. The summed E-state index contributed by atoms with van der Waals surface area (Å²) in [5.74, 6) is -1.75. The molecule has 0 radical (unpaired) electrons. The molecule has 1 aromatic rings. The number of Topliss-reactive ketones (excluding diaryl/α,β-unsaturated/α-hetero) is 1. The third-order valence-corrected chi connectivity index (χ3v) is 7.19. The number of alkyl halides is 2. The first-order valence-electron chi connectivity index (χ1n) is 8.04. The Hall–Kier alpha value is -1.21. The number of aryl methyl sites for hydroxylation is 1. The first-order valence-corrected chi connectivity index (χ1v) is 10.8. The van der Waals surface area contributed by atoms with Gasteiger partial charge in [0.05, 0.1) is 24.0 Å². The maximum Gasteiger partial charge on any atom is 0.407 e. The average molecular weight is 408 g/mol. The quantitative estimate of drug-likeness (QED) is 0.399. The Bertz CT molecular complexity index is 696. The van der Waals surface area contributed by atoms with E-state index in [9.17, 15) is 22.3 Å². The number of allylic oxidation sites excluding steroid dienone is 1. The smallest absolute Gasteiger partial charge is 0.304 e. The summed E-state index contributed by atoms with van der Waals surface area (Å²) < 4.78 is 63.9. The van der Waals surface area contributed by atoms with E-state index in [1.807, 2.05) is 6.92 Å². The van der Waals surface area contributed by atoms with Crippen LogP contribution in [0.2, 0.25) is 0 Å². The Kier molecular flexibility index (Phi) is 8.47. The highest BCUT2D eigenvalue weighted by Gasteiger charge is 2.61. The lowest BCUT2D eigenvalue weighted by atomic mass is 10.2. The van der Waals surface area contributed by atoms with Crippen molar-refractivity contribution in [1.29, 1.82) is 0 Å². The molecule has 2 atom stereocenters. The summed E-state index contributed by atoms with van der Waals surface area (Å²) in [4.78, 5) is 12.7. The zero-order chi connectivity index (χ0) is 20.0. The predicted octanol–water partition coefficient (Wildman–Crippen LogP) is 4.48. The molecule has 146 valence electrons. The number of carbonyl (C=O) groups is 1. The number of carbonyl (C=O) groups excluding carboxylic acids is 1. The van der Waals surface area contributed by atoms with Crippen molar-refractivity contribution < 1.29 is 31.4 Å². The molecule has 5 nitrogen and oxygen atoms in total. The molecule has 0 saturated heterocycles. The fourth-order valence-corrected chi connectivity index (χ4v) is 5.13. The number of benzene rings is 1. The van der Waals surface area contributed by atoms with Gasteiger partial charge in [-0.05, 0) is 39.3 Å². The number of ketones is 1. The summed E-state index contributed by atoms with van der Waals surface area (Å²) in [6.45, 7) is 7.31. The molecule has 0 aliphatic rings. The summed E-state index contributed by atoms with van der Waals surface area (Å²) >= 11 is 0. The van der Waals surface area contributed by atoms with Crippen molar-refractivity contribution in [3.63, 3.8) is 0 Å². The van der Waals surface area contributed by atoms with Crippen molar-refractivity contribution in [3.05, 3.63) is 42.5 Å². The molecular formula is C17H23F2O5PS. The van der Waals surface area contributed by atoms with Crippen LogP contribution in [0.25, 0.3) is 0 Å². The van der Waals surface area contributed by atoms with Gasteiger partial charge in [0.2, 0.25) is 5.78 Å². The van der Waals surface area contributed by atoms with Gasteiger partial charge in [0, 0.05) is 4.90 Å². The van der Waals surface area contributed by atoms with Crippen LogP contribution in [0.3, 0.4) is 0 Å². The Morgan fingerprint density at radius 2 is 1.77 bits per heavy atom. The number of halogens is 2. The minimum atomic E-state index is -5.05. The van der Waals surface area contributed by atoms with Crippen molar-refractivity contribution >= 4 is 24.2 Å². The Labute approximate surface area is 154 Å². The van der Waals surface area contributed by atoms with Gasteiger partial charge in [-0.2, -0.15) is 8.78 Å². The Morgan fingerprint density at radius 3 is 2.19 bits per heavy atom. The maximum absolute atomic E-state index is 14.7. The lowest BCUT2D eigenvalue weighted by molar-refractivity contribution is -0.135. The molecule has 0 heterocycles. The molecule has 1 aromatic carbocycles.